The van der Waals surface area contributed by atoms with E-state index in [1.54, 1.807) is 41.4 Å². The standard InChI is InChI=1S/C24H25FN6O2/c1-5-17(11-27-16(2)29-21-13-28-31(3)15-21)18-6-7-19(23(25)8-18)9-24(32)30-20-10-22(33-4)14-26-12-20/h5-8,10-15H,1,9H2,2-4H3,(H,27,29)(H,30,32)/b17-11+. The van der Waals surface area contributed by atoms with Gasteiger partial charge in [0.05, 0.1) is 43.5 Å². The van der Waals surface area contributed by atoms with E-state index in [9.17, 15) is 9.18 Å². The first-order chi connectivity index (χ1) is 15.9. The third kappa shape index (κ3) is 6.60. The zero-order valence-electron chi connectivity index (χ0n) is 18.7. The minimum atomic E-state index is -0.492. The van der Waals surface area contributed by atoms with E-state index < -0.39 is 5.82 Å². The lowest BCUT2D eigenvalue weighted by Crippen LogP contribution is -2.15. The number of carbonyl (C=O) groups is 1. The Morgan fingerprint density at radius 1 is 1.24 bits per heavy atom. The lowest BCUT2D eigenvalue weighted by Gasteiger charge is -2.09. The number of amides is 1. The number of aliphatic imine (C=N–C) groups is 1. The van der Waals surface area contributed by atoms with Crippen molar-refractivity contribution in [2.24, 2.45) is 12.0 Å². The van der Waals surface area contributed by atoms with Gasteiger partial charge in [0.25, 0.3) is 0 Å². The molecule has 0 atom stereocenters. The van der Waals surface area contributed by atoms with Gasteiger partial charge in [-0.1, -0.05) is 24.8 Å². The molecule has 0 aliphatic heterocycles. The number of benzene rings is 1. The van der Waals surface area contributed by atoms with Gasteiger partial charge in [-0.3, -0.25) is 14.5 Å². The van der Waals surface area contributed by atoms with Crippen LogP contribution in [0.3, 0.4) is 0 Å². The normalized spacial score (nSPS) is 11.8. The van der Waals surface area contributed by atoms with Crippen molar-refractivity contribution >= 4 is 28.7 Å². The molecular weight excluding hydrogens is 423 g/mol. The number of nitrogens with zero attached hydrogens (tertiary/aromatic N) is 4. The van der Waals surface area contributed by atoms with Crippen molar-refractivity contribution < 1.29 is 13.9 Å². The van der Waals surface area contributed by atoms with Crippen molar-refractivity contribution in [1.29, 1.82) is 0 Å². The number of anilines is 2. The van der Waals surface area contributed by atoms with Gasteiger partial charge in [0.15, 0.2) is 0 Å². The number of nitrogens with one attached hydrogen (secondary N) is 2. The van der Waals surface area contributed by atoms with Crippen molar-refractivity contribution in [3.8, 4) is 5.75 Å². The van der Waals surface area contributed by atoms with Gasteiger partial charge in [0, 0.05) is 25.5 Å². The second kappa shape index (κ2) is 10.9. The molecule has 0 unspecified atom stereocenters. The number of aromatic nitrogens is 3. The van der Waals surface area contributed by atoms with Crippen molar-refractivity contribution in [1.82, 2.24) is 14.8 Å². The van der Waals surface area contributed by atoms with Crippen molar-refractivity contribution in [2.75, 3.05) is 17.7 Å². The molecule has 8 nitrogen and oxygen atoms in total. The summed E-state index contributed by atoms with van der Waals surface area (Å²) in [4.78, 5) is 20.7. The van der Waals surface area contributed by atoms with Crippen LogP contribution in [0.4, 0.5) is 15.8 Å². The average molecular weight is 449 g/mol. The number of aryl methyl sites for hydroxylation is 1. The van der Waals surface area contributed by atoms with Crippen molar-refractivity contribution in [3.05, 3.63) is 84.9 Å². The number of hydrogen-bond acceptors (Lipinski definition) is 5. The molecule has 0 saturated heterocycles. The maximum Gasteiger partial charge on any atom is 0.228 e. The predicted molar refractivity (Wildman–Crippen MR) is 128 cm³/mol. The number of halogens is 1. The van der Waals surface area contributed by atoms with Crippen LogP contribution in [0.15, 0.2) is 72.9 Å². The molecule has 0 radical (unpaired) electrons. The van der Waals surface area contributed by atoms with Gasteiger partial charge in [-0.2, -0.15) is 5.10 Å². The van der Waals surface area contributed by atoms with Crippen LogP contribution in [-0.4, -0.2) is 33.6 Å². The summed E-state index contributed by atoms with van der Waals surface area (Å²) in [5.41, 5.74) is 2.79. The smallest absolute Gasteiger partial charge is 0.228 e. The Kier molecular flexibility index (Phi) is 7.69. The minimum Gasteiger partial charge on any atom is -0.495 e. The number of methoxy groups -OCH3 is 1. The molecular formula is C24H25FN6O2. The summed E-state index contributed by atoms with van der Waals surface area (Å²) < 4.78 is 21.5. The fraction of sp³-hybridized carbons (Fsp3) is 0.167. The quantitative estimate of drug-likeness (QED) is 0.306. The van der Waals surface area contributed by atoms with Crippen molar-refractivity contribution in [3.63, 3.8) is 0 Å². The fourth-order valence-electron chi connectivity index (χ4n) is 2.99. The van der Waals surface area contributed by atoms with Crippen LogP contribution >= 0.6 is 0 Å². The summed E-state index contributed by atoms with van der Waals surface area (Å²) in [5, 5.41) is 9.90. The Bertz CT molecular complexity index is 1220. The first kappa shape index (κ1) is 23.4. The molecule has 2 heterocycles. The van der Waals surface area contributed by atoms with E-state index >= 15 is 0 Å². The van der Waals surface area contributed by atoms with Crippen LogP contribution in [0.1, 0.15) is 18.1 Å². The Balaban J connectivity index is 1.68. The molecule has 0 spiro atoms. The highest BCUT2D eigenvalue weighted by Crippen LogP contribution is 2.21. The molecule has 170 valence electrons. The monoisotopic (exact) mass is 448 g/mol. The van der Waals surface area contributed by atoms with E-state index in [0.717, 1.165) is 5.69 Å². The Morgan fingerprint density at radius 3 is 2.73 bits per heavy atom. The maximum atomic E-state index is 14.7. The van der Waals surface area contributed by atoms with Crippen LogP contribution in [-0.2, 0) is 18.3 Å². The van der Waals surface area contributed by atoms with E-state index in [1.807, 2.05) is 20.2 Å². The molecule has 0 aliphatic rings. The molecule has 0 saturated carbocycles. The van der Waals surface area contributed by atoms with Crippen LogP contribution in [0.2, 0.25) is 0 Å². The lowest BCUT2D eigenvalue weighted by molar-refractivity contribution is -0.115. The summed E-state index contributed by atoms with van der Waals surface area (Å²) in [7, 11) is 3.33. The largest absolute Gasteiger partial charge is 0.495 e. The third-order valence-electron chi connectivity index (χ3n) is 4.62. The molecule has 9 heteroatoms. The molecule has 2 N–H and O–H groups in total. The third-order valence-corrected chi connectivity index (χ3v) is 4.62. The summed E-state index contributed by atoms with van der Waals surface area (Å²) >= 11 is 0. The SMILES string of the molecule is C=C/C(=C\N=C(C)Nc1cnn(C)c1)c1ccc(CC(=O)Nc2cncc(OC)c2)c(F)c1. The second-order valence-electron chi connectivity index (χ2n) is 7.18. The van der Waals surface area contributed by atoms with E-state index in [2.05, 4.69) is 32.3 Å². The van der Waals surface area contributed by atoms with E-state index in [0.29, 0.717) is 28.4 Å². The van der Waals surface area contributed by atoms with Gasteiger partial charge in [0.2, 0.25) is 5.91 Å². The molecule has 33 heavy (non-hydrogen) atoms. The Labute approximate surface area is 191 Å². The number of amidine groups is 1. The fourth-order valence-corrected chi connectivity index (χ4v) is 2.99. The van der Waals surface area contributed by atoms with Crippen LogP contribution < -0.4 is 15.4 Å². The van der Waals surface area contributed by atoms with E-state index in [-0.39, 0.29) is 17.9 Å². The topological polar surface area (TPSA) is 93.4 Å². The van der Waals surface area contributed by atoms with Crippen LogP contribution in [0.25, 0.3) is 5.57 Å². The van der Waals surface area contributed by atoms with E-state index in [4.69, 9.17) is 4.74 Å². The van der Waals surface area contributed by atoms with E-state index in [1.165, 1.54) is 25.6 Å². The van der Waals surface area contributed by atoms with Crippen LogP contribution in [0, 0.1) is 5.82 Å². The van der Waals surface area contributed by atoms with Crippen LogP contribution in [0.5, 0.6) is 5.75 Å². The van der Waals surface area contributed by atoms with Gasteiger partial charge in [-0.05, 0) is 29.7 Å². The van der Waals surface area contributed by atoms with Gasteiger partial charge in [0.1, 0.15) is 17.4 Å². The molecule has 3 rings (SSSR count). The zero-order chi connectivity index (χ0) is 23.8. The highest BCUT2D eigenvalue weighted by Gasteiger charge is 2.11. The first-order valence-corrected chi connectivity index (χ1v) is 10.1. The molecule has 3 aromatic rings. The van der Waals surface area contributed by atoms with Crippen molar-refractivity contribution in [2.45, 2.75) is 13.3 Å². The molecule has 0 bridgehead atoms. The number of rotatable bonds is 8. The number of allylic oxidation sites excluding steroid dienone is 2. The number of ether oxygens (including phenoxy) is 1. The first-order valence-electron chi connectivity index (χ1n) is 10.1. The van der Waals surface area contributed by atoms with Gasteiger partial charge in [-0.15, -0.1) is 0 Å². The maximum absolute atomic E-state index is 14.7. The second-order valence-corrected chi connectivity index (χ2v) is 7.18. The number of carbonyl (C=O) groups excluding carboxylic acids is 1. The zero-order valence-corrected chi connectivity index (χ0v) is 18.7. The average Bonchev–Trinajstić information content (AvgIpc) is 3.20. The molecule has 2 aromatic heterocycles. The number of hydrogen-bond donors (Lipinski definition) is 2. The molecule has 0 fully saturated rings. The molecule has 1 aromatic carbocycles. The summed E-state index contributed by atoms with van der Waals surface area (Å²) in [6.07, 6.45) is 9.60. The Morgan fingerprint density at radius 2 is 2.06 bits per heavy atom. The molecule has 1 amide bonds. The van der Waals surface area contributed by atoms with Gasteiger partial charge in [-0.25, -0.2) is 9.38 Å². The van der Waals surface area contributed by atoms with Gasteiger partial charge >= 0.3 is 0 Å². The summed E-state index contributed by atoms with van der Waals surface area (Å²) in [5.74, 6) is 0.301. The minimum absolute atomic E-state index is 0.122. The predicted octanol–water partition coefficient (Wildman–Crippen LogP) is 4.20. The molecule has 0 aliphatic carbocycles. The summed E-state index contributed by atoms with van der Waals surface area (Å²) in [6, 6.07) is 6.31. The number of pyridine rings is 1. The highest BCUT2D eigenvalue weighted by atomic mass is 19.1. The summed E-state index contributed by atoms with van der Waals surface area (Å²) in [6.45, 7) is 5.60. The highest BCUT2D eigenvalue weighted by molar-refractivity contribution is 5.94. The lowest BCUT2D eigenvalue weighted by atomic mass is 10.0. The Hall–Kier alpha value is -4.27. The van der Waals surface area contributed by atoms with Gasteiger partial charge < -0.3 is 15.4 Å².